The van der Waals surface area contributed by atoms with Crippen molar-refractivity contribution in [2.75, 3.05) is 46.4 Å². The maximum absolute atomic E-state index is 12.1. The number of nitrogens with zero attached hydrogens (tertiary/aromatic N) is 2. The number of fused-ring (bicyclic) bond motifs is 1. The van der Waals surface area contributed by atoms with Gasteiger partial charge in [-0.1, -0.05) is 0 Å². The molecule has 8 nitrogen and oxygen atoms in total. The molecule has 0 bridgehead atoms. The van der Waals surface area contributed by atoms with Gasteiger partial charge in [-0.3, -0.25) is 19.4 Å². The lowest BCUT2D eigenvalue weighted by atomic mass is 10.0. The summed E-state index contributed by atoms with van der Waals surface area (Å²) >= 11 is 0. The zero-order valence-corrected chi connectivity index (χ0v) is 15.7. The molecule has 1 amide bonds. The minimum absolute atomic E-state index is 0.00413. The van der Waals surface area contributed by atoms with Crippen LogP contribution in [0.5, 0.6) is 5.75 Å². The van der Waals surface area contributed by atoms with Crippen molar-refractivity contribution in [1.82, 2.24) is 20.1 Å². The Bertz CT molecular complexity index is 811. The van der Waals surface area contributed by atoms with Gasteiger partial charge in [-0.05, 0) is 25.1 Å². The molecule has 1 aromatic heterocycles. The maximum Gasteiger partial charge on any atom is 0.325 e. The Labute approximate surface area is 158 Å². The highest BCUT2D eigenvalue weighted by Gasteiger charge is 2.32. The van der Waals surface area contributed by atoms with E-state index in [1.54, 1.807) is 13.3 Å². The number of carboxylic acids is 1. The van der Waals surface area contributed by atoms with Gasteiger partial charge in [0.15, 0.2) is 0 Å². The van der Waals surface area contributed by atoms with Gasteiger partial charge >= 0.3 is 5.97 Å². The van der Waals surface area contributed by atoms with Gasteiger partial charge in [-0.25, -0.2) is 0 Å². The lowest BCUT2D eigenvalue weighted by molar-refractivity contribution is -0.144. The number of H-pyrrole nitrogens is 1. The molecule has 1 atom stereocenters. The lowest BCUT2D eigenvalue weighted by Crippen LogP contribution is -2.51. The molecule has 1 aliphatic heterocycles. The molecule has 1 unspecified atom stereocenters. The Morgan fingerprint density at radius 3 is 2.67 bits per heavy atom. The number of rotatable bonds is 7. The number of carboxylic acid groups (broad SMARTS) is 1. The molecule has 2 aromatic rings. The number of hydrogen-bond acceptors (Lipinski definition) is 5. The average Bonchev–Trinajstić information content (AvgIpc) is 3.06. The van der Waals surface area contributed by atoms with Crippen LogP contribution >= 0.6 is 0 Å². The van der Waals surface area contributed by atoms with Gasteiger partial charge in [0.2, 0.25) is 5.91 Å². The van der Waals surface area contributed by atoms with Crippen molar-refractivity contribution in [3.8, 4) is 5.75 Å². The molecule has 0 radical (unpaired) electrons. The van der Waals surface area contributed by atoms with E-state index in [1.165, 1.54) is 0 Å². The van der Waals surface area contributed by atoms with Crippen LogP contribution < -0.4 is 10.1 Å². The topological polar surface area (TPSA) is 97.9 Å². The van der Waals surface area contributed by atoms with Crippen LogP contribution in [0.2, 0.25) is 0 Å². The monoisotopic (exact) mass is 374 g/mol. The summed E-state index contributed by atoms with van der Waals surface area (Å²) in [5, 5.41) is 13.5. The van der Waals surface area contributed by atoms with Gasteiger partial charge in [-0.2, -0.15) is 0 Å². The van der Waals surface area contributed by atoms with Crippen molar-refractivity contribution in [3.63, 3.8) is 0 Å². The molecule has 0 saturated carbocycles. The normalized spacial score (nSPS) is 17.0. The first-order valence-electron chi connectivity index (χ1n) is 9.14. The van der Waals surface area contributed by atoms with Crippen molar-refractivity contribution in [2.45, 2.75) is 13.0 Å². The van der Waals surface area contributed by atoms with Crippen LogP contribution in [0.4, 0.5) is 0 Å². The van der Waals surface area contributed by atoms with Gasteiger partial charge in [0.05, 0.1) is 13.7 Å². The number of ether oxygens (including phenoxy) is 1. The average molecular weight is 374 g/mol. The quantitative estimate of drug-likeness (QED) is 0.670. The molecule has 0 aliphatic carbocycles. The van der Waals surface area contributed by atoms with E-state index in [9.17, 15) is 14.7 Å². The van der Waals surface area contributed by atoms with E-state index >= 15 is 0 Å². The second-order valence-corrected chi connectivity index (χ2v) is 6.66. The van der Waals surface area contributed by atoms with Gasteiger partial charge in [0.1, 0.15) is 11.8 Å². The molecule has 8 heteroatoms. The minimum Gasteiger partial charge on any atom is -0.497 e. The molecular formula is C19H26N4O4. The Morgan fingerprint density at radius 2 is 2.04 bits per heavy atom. The van der Waals surface area contributed by atoms with Crippen LogP contribution in [0.15, 0.2) is 24.4 Å². The van der Waals surface area contributed by atoms with E-state index in [1.807, 2.05) is 30.0 Å². The first-order chi connectivity index (χ1) is 13.0. The van der Waals surface area contributed by atoms with Gasteiger partial charge in [-0.15, -0.1) is 0 Å². The highest BCUT2D eigenvalue weighted by molar-refractivity contribution is 5.90. The zero-order chi connectivity index (χ0) is 19.4. The second kappa shape index (κ2) is 8.41. The Morgan fingerprint density at radius 1 is 1.30 bits per heavy atom. The highest BCUT2D eigenvalue weighted by atomic mass is 16.5. The molecule has 0 spiro atoms. The zero-order valence-electron chi connectivity index (χ0n) is 15.7. The number of carbonyl (C=O) groups excluding carboxylic acids is 1. The predicted molar refractivity (Wildman–Crippen MR) is 102 cm³/mol. The van der Waals surface area contributed by atoms with Crippen LogP contribution in [0.1, 0.15) is 18.5 Å². The lowest BCUT2D eigenvalue weighted by Gasteiger charge is -2.37. The molecular weight excluding hydrogens is 348 g/mol. The van der Waals surface area contributed by atoms with Gasteiger partial charge < -0.3 is 20.1 Å². The fourth-order valence-corrected chi connectivity index (χ4v) is 3.60. The number of nitrogens with one attached hydrogen (secondary N) is 2. The summed E-state index contributed by atoms with van der Waals surface area (Å²) in [6, 6.07) is 4.86. The van der Waals surface area contributed by atoms with E-state index in [0.717, 1.165) is 16.5 Å². The number of aromatic amines is 1. The number of carbonyl (C=O) groups is 2. The maximum atomic E-state index is 12.1. The van der Waals surface area contributed by atoms with Crippen LogP contribution in [-0.4, -0.2) is 78.1 Å². The molecule has 3 N–H and O–H groups in total. The Hall–Kier alpha value is -2.58. The number of benzene rings is 1. The summed E-state index contributed by atoms with van der Waals surface area (Å²) in [6.45, 7) is 5.36. The molecule has 1 fully saturated rings. The summed E-state index contributed by atoms with van der Waals surface area (Å²) in [5.74, 6) is -0.181. The third-order valence-corrected chi connectivity index (χ3v) is 4.96. The third-order valence-electron chi connectivity index (χ3n) is 4.96. The second-order valence-electron chi connectivity index (χ2n) is 6.66. The van der Waals surface area contributed by atoms with Crippen LogP contribution in [0, 0.1) is 0 Å². The first kappa shape index (κ1) is 19.2. The van der Waals surface area contributed by atoms with Crippen LogP contribution in [-0.2, 0) is 9.59 Å². The first-order valence-corrected chi connectivity index (χ1v) is 9.14. The molecule has 1 aromatic carbocycles. The SMILES string of the molecule is CCNC(=O)CN1CCN(C(C(=O)O)c2c[nH]c3ccc(OC)cc23)CC1. The Kier molecular flexibility index (Phi) is 5.98. The number of hydrogen-bond donors (Lipinski definition) is 3. The standard InChI is InChI=1S/C19H26N4O4/c1-3-20-17(24)12-22-6-8-23(9-7-22)18(19(25)26)15-11-21-16-5-4-13(27-2)10-14(15)16/h4-5,10-11,18,21H,3,6-9,12H2,1-2H3,(H,20,24)(H,25,26). The van der Waals surface area contributed by atoms with E-state index in [-0.39, 0.29) is 5.91 Å². The summed E-state index contributed by atoms with van der Waals surface area (Å²) in [7, 11) is 1.59. The van der Waals surface area contributed by atoms with Crippen LogP contribution in [0.3, 0.4) is 0 Å². The van der Waals surface area contributed by atoms with Crippen LogP contribution in [0.25, 0.3) is 10.9 Å². The summed E-state index contributed by atoms with van der Waals surface area (Å²) in [5.41, 5.74) is 1.61. The van der Waals surface area contributed by atoms with Crippen molar-refractivity contribution >= 4 is 22.8 Å². The van der Waals surface area contributed by atoms with Gasteiger partial charge in [0.25, 0.3) is 0 Å². The predicted octanol–water partition coefficient (Wildman–Crippen LogP) is 1.06. The van der Waals surface area contributed by atoms with Crippen molar-refractivity contribution < 1.29 is 19.4 Å². The van der Waals surface area contributed by atoms with Gasteiger partial charge in [0, 0.05) is 55.4 Å². The molecule has 1 aliphatic rings. The largest absolute Gasteiger partial charge is 0.497 e. The third kappa shape index (κ3) is 4.23. The number of piperazine rings is 1. The molecule has 3 rings (SSSR count). The summed E-state index contributed by atoms with van der Waals surface area (Å²) in [6.07, 6.45) is 1.77. The molecule has 2 heterocycles. The minimum atomic E-state index is -0.879. The number of aliphatic carboxylic acids is 1. The fraction of sp³-hybridized carbons (Fsp3) is 0.474. The number of methoxy groups -OCH3 is 1. The fourth-order valence-electron chi connectivity index (χ4n) is 3.60. The highest BCUT2D eigenvalue weighted by Crippen LogP contribution is 2.31. The molecule has 1 saturated heterocycles. The molecule has 27 heavy (non-hydrogen) atoms. The van der Waals surface area contributed by atoms with Crippen molar-refractivity contribution in [3.05, 3.63) is 30.0 Å². The van der Waals surface area contributed by atoms with Crippen molar-refractivity contribution in [2.24, 2.45) is 0 Å². The van der Waals surface area contributed by atoms with Crippen molar-refractivity contribution in [1.29, 1.82) is 0 Å². The number of amides is 1. The smallest absolute Gasteiger partial charge is 0.325 e. The van der Waals surface area contributed by atoms with E-state index in [4.69, 9.17) is 4.74 Å². The van der Waals surface area contributed by atoms with E-state index in [2.05, 4.69) is 15.2 Å². The summed E-state index contributed by atoms with van der Waals surface area (Å²) in [4.78, 5) is 31.0. The van der Waals surface area contributed by atoms with E-state index < -0.39 is 12.0 Å². The Balaban J connectivity index is 1.76. The van der Waals surface area contributed by atoms with E-state index in [0.29, 0.717) is 45.0 Å². The molecule has 146 valence electrons. The summed E-state index contributed by atoms with van der Waals surface area (Å²) < 4.78 is 5.28. The number of likely N-dealkylation sites (N-methyl/N-ethyl adjacent to an activating group) is 1. The number of aromatic nitrogens is 1.